The van der Waals surface area contributed by atoms with E-state index in [1.807, 2.05) is 19.9 Å². The van der Waals surface area contributed by atoms with Crippen LogP contribution in [0.5, 0.6) is 12.0 Å². The van der Waals surface area contributed by atoms with Gasteiger partial charge in [-0.1, -0.05) is 0 Å². The molecule has 10 nitrogen and oxygen atoms in total. The molecule has 1 saturated heterocycles. The zero-order chi connectivity index (χ0) is 21.1. The number of anilines is 2. The van der Waals surface area contributed by atoms with Gasteiger partial charge in [0.2, 0.25) is 5.95 Å². The summed E-state index contributed by atoms with van der Waals surface area (Å²) in [6.07, 6.45) is 0.920. The van der Waals surface area contributed by atoms with Gasteiger partial charge in [-0.05, 0) is 40.7 Å². The number of hydrogen-bond acceptors (Lipinski definition) is 10. The van der Waals surface area contributed by atoms with Crippen LogP contribution in [0, 0.1) is 0 Å². The maximum atomic E-state index is 9.78. The van der Waals surface area contributed by atoms with Gasteiger partial charge in [-0.25, -0.2) is 9.97 Å². The molecule has 29 heavy (non-hydrogen) atoms. The van der Waals surface area contributed by atoms with E-state index in [-0.39, 0.29) is 30.2 Å². The molecule has 10 heteroatoms. The first-order chi connectivity index (χ1) is 13.8. The van der Waals surface area contributed by atoms with Gasteiger partial charge < -0.3 is 24.4 Å². The van der Waals surface area contributed by atoms with Crippen LogP contribution in [-0.2, 0) is 0 Å². The van der Waals surface area contributed by atoms with Crippen LogP contribution in [-0.4, -0.2) is 68.4 Å². The third-order valence-corrected chi connectivity index (χ3v) is 4.61. The van der Waals surface area contributed by atoms with Gasteiger partial charge in [-0.3, -0.25) is 0 Å². The van der Waals surface area contributed by atoms with E-state index in [2.05, 4.69) is 48.6 Å². The summed E-state index contributed by atoms with van der Waals surface area (Å²) < 4.78 is 10.9. The van der Waals surface area contributed by atoms with Crippen LogP contribution < -0.4 is 19.3 Å². The van der Waals surface area contributed by atoms with Crippen LogP contribution in [0.25, 0.3) is 0 Å². The monoisotopic (exact) mass is 403 g/mol. The van der Waals surface area contributed by atoms with Gasteiger partial charge in [0.05, 0.1) is 13.2 Å². The number of aromatic nitrogens is 5. The van der Waals surface area contributed by atoms with Crippen LogP contribution >= 0.6 is 0 Å². The molecule has 0 spiro atoms. The highest BCUT2D eigenvalue weighted by Gasteiger charge is 2.33. The summed E-state index contributed by atoms with van der Waals surface area (Å²) in [7, 11) is 1.53. The highest BCUT2D eigenvalue weighted by Crippen LogP contribution is 2.27. The molecule has 3 atom stereocenters. The fourth-order valence-corrected chi connectivity index (χ4v) is 3.44. The molecule has 1 N–H and O–H groups in total. The van der Waals surface area contributed by atoms with Crippen LogP contribution in [0.15, 0.2) is 12.3 Å². The molecule has 0 bridgehead atoms. The minimum atomic E-state index is -0.705. The van der Waals surface area contributed by atoms with Gasteiger partial charge >= 0.3 is 12.0 Å². The molecule has 158 valence electrons. The van der Waals surface area contributed by atoms with Crippen molar-refractivity contribution in [3.05, 3.63) is 18.1 Å². The summed E-state index contributed by atoms with van der Waals surface area (Å²) in [6, 6.07) is 2.54. The van der Waals surface area contributed by atoms with Crippen molar-refractivity contribution in [3.8, 4) is 12.0 Å². The quantitative estimate of drug-likeness (QED) is 0.764. The van der Waals surface area contributed by atoms with Crippen molar-refractivity contribution in [1.82, 2.24) is 24.9 Å². The lowest BCUT2D eigenvalue weighted by Gasteiger charge is -2.44. The molecule has 0 aromatic carbocycles. The molecule has 1 aliphatic rings. The first-order valence-corrected chi connectivity index (χ1v) is 9.79. The fraction of sp³-hybridized carbons (Fsp3) is 0.632. The number of piperazine rings is 1. The lowest BCUT2D eigenvalue weighted by molar-refractivity contribution is 0.189. The maximum absolute atomic E-state index is 9.78. The number of nitrogens with zero attached hydrogens (tertiary/aromatic N) is 7. The second kappa shape index (κ2) is 8.73. The molecule has 0 amide bonds. The van der Waals surface area contributed by atoms with E-state index >= 15 is 0 Å². The smallest absolute Gasteiger partial charge is 0.324 e. The Morgan fingerprint density at radius 3 is 2.28 bits per heavy atom. The summed E-state index contributed by atoms with van der Waals surface area (Å²) in [5.74, 6) is 1.74. The molecular weight excluding hydrogens is 374 g/mol. The molecule has 0 unspecified atom stereocenters. The Morgan fingerprint density at radius 1 is 1.03 bits per heavy atom. The Hall–Kier alpha value is -2.75. The Bertz CT molecular complexity index is 821. The Labute approximate surface area is 171 Å². The third kappa shape index (κ3) is 4.81. The lowest BCUT2D eigenvalue weighted by Crippen LogP contribution is -2.57. The van der Waals surface area contributed by atoms with Gasteiger partial charge in [0.25, 0.3) is 0 Å². The van der Waals surface area contributed by atoms with E-state index in [9.17, 15) is 5.11 Å². The van der Waals surface area contributed by atoms with Crippen LogP contribution in [0.2, 0.25) is 0 Å². The molecule has 3 heterocycles. The first kappa shape index (κ1) is 21.0. The van der Waals surface area contributed by atoms with Crippen LogP contribution in [0.4, 0.5) is 11.8 Å². The number of rotatable bonds is 6. The molecule has 0 saturated carbocycles. The number of hydrogen-bond donors (Lipinski definition) is 1. The standard InChI is InChI=1S/C19H29N7O3/c1-11(2)29-19-23-17(22-18(24-19)28-6)26-12(3)9-25(10-13(26)4)15-7-8-20-16(21-15)14(5)27/h7-8,11-14,27H,9-10H2,1-6H3/t12-,13+,14-/m1/s1. The molecular formula is C19H29N7O3. The SMILES string of the molecule is COc1nc(OC(C)C)nc(N2[C@H](C)CN(c3ccnc([C@@H](C)O)n3)C[C@@H]2C)n1. The van der Waals surface area contributed by atoms with Crippen molar-refractivity contribution in [2.75, 3.05) is 30.0 Å². The molecule has 2 aromatic heterocycles. The molecule has 3 rings (SSSR count). The van der Waals surface area contributed by atoms with E-state index in [0.717, 1.165) is 18.9 Å². The number of methoxy groups -OCH3 is 1. The van der Waals surface area contributed by atoms with Crippen molar-refractivity contribution in [2.45, 2.75) is 58.9 Å². The highest BCUT2D eigenvalue weighted by atomic mass is 16.5. The van der Waals surface area contributed by atoms with E-state index in [1.54, 1.807) is 13.1 Å². The molecule has 1 fully saturated rings. The highest BCUT2D eigenvalue weighted by molar-refractivity contribution is 5.45. The lowest BCUT2D eigenvalue weighted by atomic mass is 10.1. The van der Waals surface area contributed by atoms with Crippen molar-refractivity contribution in [1.29, 1.82) is 0 Å². The minimum absolute atomic E-state index is 0.0532. The molecule has 1 aliphatic heterocycles. The van der Waals surface area contributed by atoms with E-state index in [4.69, 9.17) is 9.47 Å². The number of aliphatic hydroxyl groups excluding tert-OH is 1. The summed E-state index contributed by atoms with van der Waals surface area (Å²) in [5, 5.41) is 9.78. The van der Waals surface area contributed by atoms with Gasteiger partial charge in [-0.15, -0.1) is 4.98 Å². The minimum Gasteiger partial charge on any atom is -0.467 e. The Kier molecular flexibility index (Phi) is 6.31. The van der Waals surface area contributed by atoms with Crippen molar-refractivity contribution in [2.24, 2.45) is 0 Å². The molecule has 0 aliphatic carbocycles. The fourth-order valence-electron chi connectivity index (χ4n) is 3.44. The van der Waals surface area contributed by atoms with Gasteiger partial charge in [0.15, 0.2) is 5.82 Å². The van der Waals surface area contributed by atoms with Crippen molar-refractivity contribution in [3.63, 3.8) is 0 Å². The largest absolute Gasteiger partial charge is 0.467 e. The third-order valence-electron chi connectivity index (χ3n) is 4.61. The van der Waals surface area contributed by atoms with E-state index in [1.165, 1.54) is 7.11 Å². The van der Waals surface area contributed by atoms with Gasteiger partial charge in [0, 0.05) is 31.4 Å². The zero-order valence-electron chi connectivity index (χ0n) is 17.8. The zero-order valence-corrected chi connectivity index (χ0v) is 17.8. The average Bonchev–Trinajstić information content (AvgIpc) is 2.66. The summed E-state index contributed by atoms with van der Waals surface area (Å²) in [4.78, 5) is 26.1. The van der Waals surface area contributed by atoms with Gasteiger partial charge in [-0.2, -0.15) is 9.97 Å². The Balaban J connectivity index is 1.84. The maximum Gasteiger partial charge on any atom is 0.324 e. The van der Waals surface area contributed by atoms with Crippen molar-refractivity contribution < 1.29 is 14.6 Å². The van der Waals surface area contributed by atoms with Crippen molar-refractivity contribution >= 4 is 11.8 Å². The molecule has 0 radical (unpaired) electrons. The summed E-state index contributed by atoms with van der Waals surface area (Å²) in [5.41, 5.74) is 0. The number of aliphatic hydroxyl groups is 1. The molecule has 2 aromatic rings. The average molecular weight is 403 g/mol. The summed E-state index contributed by atoms with van der Waals surface area (Å²) >= 11 is 0. The first-order valence-electron chi connectivity index (χ1n) is 9.79. The van der Waals surface area contributed by atoms with E-state index in [0.29, 0.717) is 11.8 Å². The van der Waals surface area contributed by atoms with E-state index < -0.39 is 6.10 Å². The second-order valence-electron chi connectivity index (χ2n) is 7.53. The topological polar surface area (TPSA) is 110 Å². The second-order valence-corrected chi connectivity index (χ2v) is 7.53. The predicted molar refractivity (Wildman–Crippen MR) is 108 cm³/mol. The predicted octanol–water partition coefficient (Wildman–Crippen LogP) is 1.61. The number of ether oxygens (including phenoxy) is 2. The Morgan fingerprint density at radius 2 is 1.69 bits per heavy atom. The van der Waals surface area contributed by atoms with Crippen LogP contribution in [0.1, 0.15) is 46.5 Å². The normalized spacial score (nSPS) is 20.7. The van der Waals surface area contributed by atoms with Gasteiger partial charge in [0.1, 0.15) is 11.9 Å². The summed E-state index contributed by atoms with van der Waals surface area (Å²) in [6.45, 7) is 11.2. The van der Waals surface area contributed by atoms with Crippen LogP contribution in [0.3, 0.4) is 0 Å².